The molecule has 1 aliphatic rings. The van der Waals surface area contributed by atoms with Crippen LogP contribution in [0.15, 0.2) is 18.2 Å². The molecule has 1 heterocycles. The van der Waals surface area contributed by atoms with E-state index in [4.69, 9.17) is 23.2 Å². The molecule has 100 valence electrons. The molecule has 0 spiro atoms. The van der Waals surface area contributed by atoms with Crippen LogP contribution in [-0.2, 0) is 0 Å². The van der Waals surface area contributed by atoms with Gasteiger partial charge in [-0.25, -0.2) is 5.43 Å². The van der Waals surface area contributed by atoms with E-state index in [0.717, 1.165) is 13.0 Å². The zero-order valence-corrected chi connectivity index (χ0v) is 12.1. The third-order valence-corrected chi connectivity index (χ3v) is 3.84. The maximum atomic E-state index is 6.04. The molecule has 2 unspecified atom stereocenters. The van der Waals surface area contributed by atoms with E-state index in [0.29, 0.717) is 28.2 Å². The lowest BCUT2D eigenvalue weighted by molar-refractivity contribution is 0.478. The number of hydrogen-bond donors (Lipinski definition) is 3. The molecule has 0 aliphatic carbocycles. The number of nitrogens with one attached hydrogen (secondary N) is 3. The molecule has 0 saturated carbocycles. The van der Waals surface area contributed by atoms with Gasteiger partial charge in [-0.3, -0.25) is 5.43 Å². The van der Waals surface area contributed by atoms with Crippen LogP contribution in [0.5, 0.6) is 0 Å². The second-order valence-electron chi connectivity index (χ2n) is 5.01. The summed E-state index contributed by atoms with van der Waals surface area (Å²) in [6.45, 7) is 5.26. The number of hydrazine groups is 1. The highest BCUT2D eigenvalue weighted by atomic mass is 35.5. The van der Waals surface area contributed by atoms with Crippen molar-refractivity contribution in [3.63, 3.8) is 0 Å². The second-order valence-corrected chi connectivity index (χ2v) is 5.82. The van der Waals surface area contributed by atoms with Crippen molar-refractivity contribution in [2.45, 2.75) is 38.4 Å². The van der Waals surface area contributed by atoms with E-state index in [1.807, 2.05) is 18.2 Å². The van der Waals surface area contributed by atoms with Crippen LogP contribution in [0.25, 0.3) is 0 Å². The molecule has 0 aromatic heterocycles. The molecule has 3 nitrogen and oxygen atoms in total. The Hall–Kier alpha value is -0.320. The molecule has 0 bridgehead atoms. The van der Waals surface area contributed by atoms with Gasteiger partial charge >= 0.3 is 0 Å². The molecule has 1 saturated heterocycles. The summed E-state index contributed by atoms with van der Waals surface area (Å²) in [5.74, 6) is 0. The van der Waals surface area contributed by atoms with Crippen molar-refractivity contribution in [3.05, 3.63) is 33.8 Å². The molecule has 18 heavy (non-hydrogen) atoms. The predicted molar refractivity (Wildman–Crippen MR) is 77.0 cm³/mol. The first-order chi connectivity index (χ1) is 8.56. The molecule has 3 N–H and O–H groups in total. The molecule has 0 radical (unpaired) electrons. The summed E-state index contributed by atoms with van der Waals surface area (Å²) in [5, 5.41) is 4.64. The van der Waals surface area contributed by atoms with Gasteiger partial charge < -0.3 is 5.32 Å². The lowest BCUT2D eigenvalue weighted by atomic mass is 10.0. The van der Waals surface area contributed by atoms with Crippen LogP contribution in [0.2, 0.25) is 10.0 Å². The summed E-state index contributed by atoms with van der Waals surface area (Å²) in [5.41, 5.74) is 7.78. The van der Waals surface area contributed by atoms with Crippen molar-refractivity contribution in [3.8, 4) is 0 Å². The zero-order chi connectivity index (χ0) is 13.1. The van der Waals surface area contributed by atoms with Crippen LogP contribution in [0.4, 0.5) is 0 Å². The smallest absolute Gasteiger partial charge is 0.0595 e. The minimum absolute atomic E-state index is 0.290. The summed E-state index contributed by atoms with van der Waals surface area (Å²) in [4.78, 5) is 0. The minimum atomic E-state index is 0.290. The highest BCUT2D eigenvalue weighted by Gasteiger charge is 2.25. The highest BCUT2D eigenvalue weighted by molar-refractivity contribution is 6.42. The van der Waals surface area contributed by atoms with Crippen molar-refractivity contribution < 1.29 is 0 Å². The third kappa shape index (κ3) is 3.59. The topological polar surface area (TPSA) is 36.1 Å². The highest BCUT2D eigenvalue weighted by Crippen LogP contribution is 2.28. The van der Waals surface area contributed by atoms with Gasteiger partial charge in [0.2, 0.25) is 0 Å². The predicted octanol–water partition coefficient (Wildman–Crippen LogP) is 2.90. The van der Waals surface area contributed by atoms with Crippen LogP contribution >= 0.6 is 23.2 Å². The van der Waals surface area contributed by atoms with E-state index in [2.05, 4.69) is 30.0 Å². The van der Waals surface area contributed by atoms with Crippen LogP contribution in [0.3, 0.4) is 0 Å². The van der Waals surface area contributed by atoms with Crippen molar-refractivity contribution in [1.82, 2.24) is 16.2 Å². The lowest BCUT2D eigenvalue weighted by Gasteiger charge is -2.13. The summed E-state index contributed by atoms with van der Waals surface area (Å²) in [7, 11) is 0. The molecule has 1 fully saturated rings. The monoisotopic (exact) mass is 287 g/mol. The molecular formula is C13H19Cl2N3. The Bertz CT molecular complexity index is 409. The molecule has 2 rings (SSSR count). The van der Waals surface area contributed by atoms with Crippen LogP contribution in [0.1, 0.15) is 31.9 Å². The minimum Gasteiger partial charge on any atom is -0.313 e. The summed E-state index contributed by atoms with van der Waals surface area (Å²) >= 11 is 12.0. The fourth-order valence-corrected chi connectivity index (χ4v) is 2.39. The van der Waals surface area contributed by atoms with E-state index in [1.54, 1.807) is 0 Å². The molecular weight excluding hydrogens is 269 g/mol. The first-order valence-corrected chi connectivity index (χ1v) is 7.01. The van der Waals surface area contributed by atoms with Gasteiger partial charge in [-0.1, -0.05) is 43.1 Å². The van der Waals surface area contributed by atoms with Gasteiger partial charge in [-0.05, 0) is 24.1 Å². The fraction of sp³-hybridized carbons (Fsp3) is 0.538. The molecule has 0 amide bonds. The largest absolute Gasteiger partial charge is 0.313 e. The maximum absolute atomic E-state index is 6.04. The summed E-state index contributed by atoms with van der Waals surface area (Å²) in [6, 6.07) is 7.04. The van der Waals surface area contributed by atoms with Gasteiger partial charge in [0.25, 0.3) is 0 Å². The summed E-state index contributed by atoms with van der Waals surface area (Å²) < 4.78 is 0. The SMILES string of the molecule is CC(C)NCC1CC(c2ccc(Cl)c(Cl)c2)NN1. The van der Waals surface area contributed by atoms with E-state index < -0.39 is 0 Å². The summed E-state index contributed by atoms with van der Waals surface area (Å²) in [6.07, 6.45) is 1.04. The Morgan fingerprint density at radius 1 is 1.28 bits per heavy atom. The van der Waals surface area contributed by atoms with Crippen LogP contribution < -0.4 is 16.2 Å². The fourth-order valence-electron chi connectivity index (χ4n) is 2.08. The van der Waals surface area contributed by atoms with Crippen molar-refractivity contribution in [1.29, 1.82) is 0 Å². The third-order valence-electron chi connectivity index (χ3n) is 3.10. The number of hydrogen-bond acceptors (Lipinski definition) is 3. The van der Waals surface area contributed by atoms with Crippen molar-refractivity contribution in [2.75, 3.05) is 6.54 Å². The first-order valence-electron chi connectivity index (χ1n) is 6.25. The van der Waals surface area contributed by atoms with Gasteiger partial charge in [0.1, 0.15) is 0 Å². The average molecular weight is 288 g/mol. The second kappa shape index (κ2) is 6.22. The molecule has 5 heteroatoms. The average Bonchev–Trinajstić information content (AvgIpc) is 2.79. The number of benzene rings is 1. The zero-order valence-electron chi connectivity index (χ0n) is 10.6. The van der Waals surface area contributed by atoms with Crippen LogP contribution in [0, 0.1) is 0 Å². The quantitative estimate of drug-likeness (QED) is 0.797. The van der Waals surface area contributed by atoms with E-state index >= 15 is 0 Å². The Morgan fingerprint density at radius 3 is 2.72 bits per heavy atom. The van der Waals surface area contributed by atoms with Crippen LogP contribution in [-0.4, -0.2) is 18.6 Å². The molecule has 1 aromatic rings. The Morgan fingerprint density at radius 2 is 2.06 bits per heavy atom. The van der Waals surface area contributed by atoms with Gasteiger partial charge in [0, 0.05) is 24.7 Å². The number of halogens is 2. The van der Waals surface area contributed by atoms with Crippen molar-refractivity contribution in [2.24, 2.45) is 0 Å². The molecule has 1 aliphatic heterocycles. The maximum Gasteiger partial charge on any atom is 0.0595 e. The normalized spacial score (nSPS) is 23.8. The van der Waals surface area contributed by atoms with E-state index in [1.165, 1.54) is 5.56 Å². The van der Waals surface area contributed by atoms with E-state index in [9.17, 15) is 0 Å². The Balaban J connectivity index is 1.93. The number of rotatable bonds is 4. The molecule has 1 aromatic carbocycles. The van der Waals surface area contributed by atoms with Gasteiger partial charge in [0.05, 0.1) is 10.0 Å². The Kier molecular flexibility index (Phi) is 4.87. The van der Waals surface area contributed by atoms with Gasteiger partial charge in [0.15, 0.2) is 0 Å². The standard InChI is InChI=1S/C13H19Cl2N3/c1-8(2)16-7-10-6-13(18-17-10)9-3-4-11(14)12(15)5-9/h3-5,8,10,13,16-18H,6-7H2,1-2H3. The van der Waals surface area contributed by atoms with Crippen molar-refractivity contribution >= 4 is 23.2 Å². The molecule has 2 atom stereocenters. The Labute approximate surface area is 118 Å². The first kappa shape index (κ1) is 14.1. The lowest BCUT2D eigenvalue weighted by Crippen LogP contribution is -2.40. The van der Waals surface area contributed by atoms with E-state index in [-0.39, 0.29) is 0 Å². The van der Waals surface area contributed by atoms with Gasteiger partial charge in [-0.15, -0.1) is 0 Å². The van der Waals surface area contributed by atoms with Gasteiger partial charge in [-0.2, -0.15) is 0 Å².